The number of nitrogens with one attached hydrogen (secondary N) is 1. The molecule has 1 rings (SSSR count). The molecule has 0 fully saturated rings. The van der Waals surface area contributed by atoms with Gasteiger partial charge in [-0.15, -0.1) is 0 Å². The van der Waals surface area contributed by atoms with Crippen molar-refractivity contribution < 1.29 is 9.13 Å². The predicted octanol–water partition coefficient (Wildman–Crippen LogP) is 2.83. The molecule has 0 spiro atoms. The van der Waals surface area contributed by atoms with Crippen LogP contribution in [0.1, 0.15) is 6.92 Å². The number of benzene rings is 1. The monoisotopic (exact) mass is 258 g/mol. The number of halogens is 1. The van der Waals surface area contributed by atoms with Gasteiger partial charge in [-0.05, 0) is 17.9 Å². The summed E-state index contributed by atoms with van der Waals surface area (Å²) in [6.45, 7) is 2.85. The van der Waals surface area contributed by atoms with E-state index < -0.39 is 0 Å². The molecule has 3 N–H and O–H groups in total. The molecule has 0 aliphatic rings. The molecule has 0 aliphatic carbocycles. The molecule has 96 valence electrons. The molecule has 1 aromatic carbocycles. The second kappa shape index (κ2) is 6.59. The molecule has 0 saturated carbocycles. The summed E-state index contributed by atoms with van der Waals surface area (Å²) in [4.78, 5) is 0. The molecule has 0 bridgehead atoms. The first-order chi connectivity index (χ1) is 8.08. The van der Waals surface area contributed by atoms with Crippen molar-refractivity contribution in [3.63, 3.8) is 0 Å². The fraction of sp³-hybridized carbons (Fsp3) is 0.500. The van der Waals surface area contributed by atoms with Crippen LogP contribution in [0.25, 0.3) is 0 Å². The quantitative estimate of drug-likeness (QED) is 0.770. The molecular formula is C12H19FN2OS. The van der Waals surface area contributed by atoms with Crippen LogP contribution in [0.4, 0.5) is 15.8 Å². The van der Waals surface area contributed by atoms with Crippen molar-refractivity contribution in [1.29, 1.82) is 0 Å². The van der Waals surface area contributed by atoms with Crippen molar-refractivity contribution >= 4 is 23.1 Å². The smallest absolute Gasteiger partial charge is 0.148 e. The van der Waals surface area contributed by atoms with Crippen LogP contribution in [0.2, 0.25) is 0 Å². The van der Waals surface area contributed by atoms with E-state index in [1.807, 2.05) is 0 Å². The number of nitrogen functional groups attached to an aromatic ring is 1. The van der Waals surface area contributed by atoms with E-state index in [2.05, 4.69) is 18.5 Å². The first-order valence-electron chi connectivity index (χ1n) is 5.44. The standard InChI is InChI=1S/C12H19FN2OS/c1-8(7-17-3)6-15-11-5-12(16-2)10(14)4-9(11)13/h4-5,8,15H,6-7,14H2,1-3H3. The van der Waals surface area contributed by atoms with Crippen LogP contribution in [0, 0.1) is 11.7 Å². The summed E-state index contributed by atoms with van der Waals surface area (Å²) in [5.41, 5.74) is 6.36. The lowest BCUT2D eigenvalue weighted by atomic mass is 10.2. The van der Waals surface area contributed by atoms with Crippen molar-refractivity contribution in [1.82, 2.24) is 0 Å². The van der Waals surface area contributed by atoms with Gasteiger partial charge in [0.05, 0.1) is 18.5 Å². The lowest BCUT2D eigenvalue weighted by molar-refractivity contribution is 0.416. The van der Waals surface area contributed by atoms with E-state index in [-0.39, 0.29) is 5.82 Å². The molecule has 17 heavy (non-hydrogen) atoms. The minimum Gasteiger partial charge on any atom is -0.495 e. The molecule has 0 radical (unpaired) electrons. The van der Waals surface area contributed by atoms with Gasteiger partial charge in [-0.2, -0.15) is 11.8 Å². The van der Waals surface area contributed by atoms with Crippen molar-refractivity contribution in [3.05, 3.63) is 17.9 Å². The third-order valence-corrected chi connectivity index (χ3v) is 3.31. The molecular weight excluding hydrogens is 239 g/mol. The van der Waals surface area contributed by atoms with Gasteiger partial charge in [0.15, 0.2) is 0 Å². The zero-order valence-electron chi connectivity index (χ0n) is 10.4. The Morgan fingerprint density at radius 2 is 2.24 bits per heavy atom. The number of hydrogen-bond donors (Lipinski definition) is 2. The molecule has 0 aromatic heterocycles. The Morgan fingerprint density at radius 1 is 1.53 bits per heavy atom. The largest absolute Gasteiger partial charge is 0.495 e. The SMILES string of the molecule is COc1cc(NCC(C)CSC)c(F)cc1N. The predicted molar refractivity (Wildman–Crippen MR) is 73.4 cm³/mol. The van der Waals surface area contributed by atoms with Crippen molar-refractivity contribution in [2.75, 3.05) is 36.7 Å². The molecule has 3 nitrogen and oxygen atoms in total. The van der Waals surface area contributed by atoms with Crippen LogP contribution in [0.15, 0.2) is 12.1 Å². The van der Waals surface area contributed by atoms with Gasteiger partial charge < -0.3 is 15.8 Å². The number of thioether (sulfide) groups is 1. The van der Waals surface area contributed by atoms with Gasteiger partial charge in [-0.1, -0.05) is 6.92 Å². The number of anilines is 2. The normalized spacial score (nSPS) is 12.2. The second-order valence-corrected chi connectivity index (χ2v) is 4.93. The van der Waals surface area contributed by atoms with Crippen molar-refractivity contribution in [2.24, 2.45) is 5.92 Å². The Bertz CT molecular complexity index is 374. The molecule has 1 unspecified atom stereocenters. The highest BCUT2D eigenvalue weighted by Crippen LogP contribution is 2.28. The van der Waals surface area contributed by atoms with E-state index in [1.54, 1.807) is 17.8 Å². The topological polar surface area (TPSA) is 47.3 Å². The summed E-state index contributed by atoms with van der Waals surface area (Å²) < 4.78 is 18.7. The lowest BCUT2D eigenvalue weighted by Gasteiger charge is -2.14. The molecule has 0 amide bonds. The number of methoxy groups -OCH3 is 1. The Hall–Kier alpha value is -1.10. The zero-order chi connectivity index (χ0) is 12.8. The Kier molecular flexibility index (Phi) is 5.41. The van der Waals surface area contributed by atoms with Crippen LogP contribution in [-0.2, 0) is 0 Å². The van der Waals surface area contributed by atoms with Crippen LogP contribution >= 0.6 is 11.8 Å². The number of nitrogens with two attached hydrogens (primary N) is 1. The summed E-state index contributed by atoms with van der Waals surface area (Å²) in [5.74, 6) is 1.67. The summed E-state index contributed by atoms with van der Waals surface area (Å²) in [5, 5.41) is 3.08. The van der Waals surface area contributed by atoms with Crippen LogP contribution < -0.4 is 15.8 Å². The third kappa shape index (κ3) is 4.00. The van der Waals surface area contributed by atoms with Gasteiger partial charge in [0.1, 0.15) is 11.6 Å². The van der Waals surface area contributed by atoms with Crippen LogP contribution in [0.5, 0.6) is 5.75 Å². The minimum absolute atomic E-state index is 0.313. The zero-order valence-corrected chi connectivity index (χ0v) is 11.2. The van der Waals surface area contributed by atoms with E-state index >= 15 is 0 Å². The van der Waals surface area contributed by atoms with Crippen molar-refractivity contribution in [2.45, 2.75) is 6.92 Å². The first kappa shape index (κ1) is 14.0. The van der Waals surface area contributed by atoms with E-state index in [4.69, 9.17) is 10.5 Å². The highest BCUT2D eigenvalue weighted by molar-refractivity contribution is 7.98. The fourth-order valence-corrected chi connectivity index (χ4v) is 2.20. The average molecular weight is 258 g/mol. The summed E-state index contributed by atoms with van der Waals surface area (Å²) in [6, 6.07) is 2.87. The highest BCUT2D eigenvalue weighted by atomic mass is 32.2. The van der Waals surface area contributed by atoms with Crippen LogP contribution in [-0.4, -0.2) is 25.7 Å². The molecule has 0 heterocycles. The molecule has 1 aromatic rings. The van der Waals surface area contributed by atoms with Gasteiger partial charge in [-0.25, -0.2) is 4.39 Å². The van der Waals surface area contributed by atoms with E-state index in [1.165, 1.54) is 13.2 Å². The summed E-state index contributed by atoms with van der Waals surface area (Å²) in [6.07, 6.45) is 2.06. The molecule has 0 aliphatic heterocycles. The van der Waals surface area contributed by atoms with Gasteiger partial charge in [-0.3, -0.25) is 0 Å². The van der Waals surface area contributed by atoms with Gasteiger partial charge in [0.25, 0.3) is 0 Å². The maximum absolute atomic E-state index is 13.6. The summed E-state index contributed by atoms with van der Waals surface area (Å²) >= 11 is 1.78. The third-order valence-electron chi connectivity index (χ3n) is 2.41. The summed E-state index contributed by atoms with van der Waals surface area (Å²) in [7, 11) is 1.52. The minimum atomic E-state index is -0.348. The molecule has 1 atom stereocenters. The maximum atomic E-state index is 13.6. The Balaban J connectivity index is 2.70. The van der Waals surface area contributed by atoms with Crippen LogP contribution in [0.3, 0.4) is 0 Å². The average Bonchev–Trinajstić information content (AvgIpc) is 2.28. The highest BCUT2D eigenvalue weighted by Gasteiger charge is 2.09. The number of ether oxygens (including phenoxy) is 1. The lowest BCUT2D eigenvalue weighted by Crippen LogP contribution is -2.14. The molecule has 0 saturated heterocycles. The first-order valence-corrected chi connectivity index (χ1v) is 6.83. The number of hydrogen-bond acceptors (Lipinski definition) is 4. The molecule has 5 heteroatoms. The Labute approximate surface area is 106 Å². The maximum Gasteiger partial charge on any atom is 0.148 e. The van der Waals surface area contributed by atoms with Gasteiger partial charge >= 0.3 is 0 Å². The van der Waals surface area contributed by atoms with Crippen molar-refractivity contribution in [3.8, 4) is 5.75 Å². The van der Waals surface area contributed by atoms with E-state index in [0.29, 0.717) is 23.0 Å². The second-order valence-electron chi connectivity index (χ2n) is 4.02. The van der Waals surface area contributed by atoms with E-state index in [9.17, 15) is 4.39 Å². The fourth-order valence-electron chi connectivity index (χ4n) is 1.51. The van der Waals surface area contributed by atoms with Gasteiger partial charge in [0.2, 0.25) is 0 Å². The Morgan fingerprint density at radius 3 is 2.82 bits per heavy atom. The van der Waals surface area contributed by atoms with E-state index in [0.717, 1.165) is 12.3 Å². The number of rotatable bonds is 6. The van der Waals surface area contributed by atoms with Gasteiger partial charge in [0, 0.05) is 18.7 Å².